The van der Waals surface area contributed by atoms with Crippen LogP contribution in [-0.4, -0.2) is 41.6 Å². The number of carbonyl (C=O) groups is 2. The van der Waals surface area contributed by atoms with Crippen molar-refractivity contribution in [3.63, 3.8) is 0 Å². The van der Waals surface area contributed by atoms with Crippen LogP contribution in [0.15, 0.2) is 84.9 Å². The molecule has 0 bridgehead atoms. The SMILES string of the molecule is CCOC(=O)C1CCN(N(Cc2ccccc2)C(=O)c2ccccc2Cc2ccccc2)C1. The monoisotopic (exact) mass is 442 g/mol. The quantitative estimate of drug-likeness (QED) is 0.474. The molecule has 1 heterocycles. The lowest BCUT2D eigenvalue weighted by molar-refractivity contribution is -0.148. The molecule has 170 valence electrons. The molecule has 33 heavy (non-hydrogen) atoms. The number of benzene rings is 3. The second-order valence-corrected chi connectivity index (χ2v) is 8.32. The van der Waals surface area contributed by atoms with Crippen LogP contribution in [0.5, 0.6) is 0 Å². The van der Waals surface area contributed by atoms with Crippen molar-refractivity contribution in [2.24, 2.45) is 5.92 Å². The molecular weight excluding hydrogens is 412 g/mol. The van der Waals surface area contributed by atoms with Gasteiger partial charge >= 0.3 is 5.97 Å². The lowest BCUT2D eigenvalue weighted by Crippen LogP contribution is -2.45. The highest BCUT2D eigenvalue weighted by molar-refractivity contribution is 5.95. The molecule has 5 heteroatoms. The first kappa shape index (κ1) is 22.7. The maximum Gasteiger partial charge on any atom is 0.310 e. The van der Waals surface area contributed by atoms with Crippen LogP contribution in [0, 0.1) is 5.92 Å². The smallest absolute Gasteiger partial charge is 0.310 e. The first-order chi connectivity index (χ1) is 16.2. The van der Waals surface area contributed by atoms with Crippen LogP contribution in [0.25, 0.3) is 0 Å². The molecule has 3 aromatic rings. The Balaban J connectivity index is 1.61. The average molecular weight is 443 g/mol. The van der Waals surface area contributed by atoms with Gasteiger partial charge in [-0.1, -0.05) is 78.9 Å². The van der Waals surface area contributed by atoms with Crippen LogP contribution in [0.1, 0.15) is 40.4 Å². The number of hydrogen-bond acceptors (Lipinski definition) is 4. The molecule has 0 aliphatic carbocycles. The molecule has 0 aromatic heterocycles. The fraction of sp³-hybridized carbons (Fsp3) is 0.286. The molecule has 1 fully saturated rings. The van der Waals surface area contributed by atoms with Gasteiger partial charge in [-0.05, 0) is 42.5 Å². The van der Waals surface area contributed by atoms with Crippen molar-refractivity contribution < 1.29 is 14.3 Å². The minimum atomic E-state index is -0.212. The molecule has 3 aromatic carbocycles. The van der Waals surface area contributed by atoms with Gasteiger partial charge < -0.3 is 4.74 Å². The Kier molecular flexibility index (Phi) is 7.53. The summed E-state index contributed by atoms with van der Waals surface area (Å²) < 4.78 is 5.23. The van der Waals surface area contributed by atoms with Crippen LogP contribution in [0.3, 0.4) is 0 Å². The summed E-state index contributed by atoms with van der Waals surface area (Å²) in [4.78, 5) is 26.2. The number of hydrazine groups is 1. The highest BCUT2D eigenvalue weighted by atomic mass is 16.5. The van der Waals surface area contributed by atoms with Crippen molar-refractivity contribution in [1.29, 1.82) is 0 Å². The Morgan fingerprint density at radius 2 is 1.55 bits per heavy atom. The largest absolute Gasteiger partial charge is 0.466 e. The van der Waals surface area contributed by atoms with Gasteiger partial charge in [0.05, 0.1) is 19.1 Å². The van der Waals surface area contributed by atoms with Gasteiger partial charge in [0.2, 0.25) is 0 Å². The third kappa shape index (κ3) is 5.68. The van der Waals surface area contributed by atoms with E-state index in [4.69, 9.17) is 4.74 Å². The molecule has 0 saturated carbocycles. The predicted molar refractivity (Wildman–Crippen MR) is 128 cm³/mol. The van der Waals surface area contributed by atoms with E-state index in [0.717, 1.165) is 16.7 Å². The number of amides is 1. The minimum absolute atomic E-state index is 0.0464. The summed E-state index contributed by atoms with van der Waals surface area (Å²) in [7, 11) is 0. The predicted octanol–water partition coefficient (Wildman–Crippen LogP) is 4.72. The molecule has 1 aliphatic rings. The van der Waals surface area contributed by atoms with E-state index in [1.807, 2.05) is 84.7 Å². The van der Waals surface area contributed by atoms with E-state index in [2.05, 4.69) is 12.1 Å². The van der Waals surface area contributed by atoms with E-state index in [-0.39, 0.29) is 17.8 Å². The number of hydrogen-bond donors (Lipinski definition) is 0. The molecule has 4 rings (SSSR count). The number of ether oxygens (including phenoxy) is 1. The van der Waals surface area contributed by atoms with E-state index in [0.29, 0.717) is 44.6 Å². The van der Waals surface area contributed by atoms with Crippen LogP contribution < -0.4 is 0 Å². The van der Waals surface area contributed by atoms with Gasteiger partial charge in [0.1, 0.15) is 0 Å². The summed E-state index contributed by atoms with van der Waals surface area (Å²) in [6, 6.07) is 28.0. The van der Waals surface area contributed by atoms with Gasteiger partial charge in [-0.2, -0.15) is 0 Å². The van der Waals surface area contributed by atoms with E-state index in [1.165, 1.54) is 0 Å². The van der Waals surface area contributed by atoms with Crippen LogP contribution in [0.4, 0.5) is 0 Å². The Hall–Kier alpha value is -3.44. The molecule has 1 unspecified atom stereocenters. The fourth-order valence-corrected chi connectivity index (χ4v) is 4.31. The van der Waals surface area contributed by atoms with E-state index in [9.17, 15) is 9.59 Å². The topological polar surface area (TPSA) is 49.9 Å². The third-order valence-electron chi connectivity index (χ3n) is 6.02. The molecule has 5 nitrogen and oxygen atoms in total. The van der Waals surface area contributed by atoms with Crippen molar-refractivity contribution in [2.75, 3.05) is 19.7 Å². The zero-order valence-electron chi connectivity index (χ0n) is 19.0. The van der Waals surface area contributed by atoms with Crippen LogP contribution >= 0.6 is 0 Å². The summed E-state index contributed by atoms with van der Waals surface area (Å²) in [6.45, 7) is 3.77. The summed E-state index contributed by atoms with van der Waals surface area (Å²) in [5.41, 5.74) is 3.90. The first-order valence-corrected chi connectivity index (χ1v) is 11.5. The fourth-order valence-electron chi connectivity index (χ4n) is 4.31. The molecule has 1 amide bonds. The van der Waals surface area contributed by atoms with Crippen molar-refractivity contribution in [3.8, 4) is 0 Å². The summed E-state index contributed by atoms with van der Waals surface area (Å²) in [5.74, 6) is -0.443. The molecular formula is C28H30N2O3. The van der Waals surface area contributed by atoms with E-state index < -0.39 is 0 Å². The lowest BCUT2D eigenvalue weighted by Gasteiger charge is -2.32. The highest BCUT2D eigenvalue weighted by Gasteiger charge is 2.35. The number of carbonyl (C=O) groups excluding carboxylic acids is 2. The van der Waals surface area contributed by atoms with E-state index >= 15 is 0 Å². The van der Waals surface area contributed by atoms with Gasteiger partial charge in [0.15, 0.2) is 0 Å². The lowest BCUT2D eigenvalue weighted by atomic mass is 9.99. The van der Waals surface area contributed by atoms with Gasteiger partial charge in [0.25, 0.3) is 5.91 Å². The maximum atomic E-state index is 13.9. The normalized spacial score (nSPS) is 15.8. The standard InChI is InChI=1S/C28H30N2O3/c1-2-33-28(32)25-17-18-29(21-25)30(20-23-13-7-4-8-14-23)27(31)26-16-10-9-15-24(26)19-22-11-5-3-6-12-22/h3-16,25H,2,17-21H2,1H3. The number of esters is 1. The van der Waals surface area contributed by atoms with Crippen LogP contribution in [0.2, 0.25) is 0 Å². The van der Waals surface area contributed by atoms with Crippen LogP contribution in [-0.2, 0) is 22.5 Å². The Bertz CT molecular complexity index is 1070. The third-order valence-corrected chi connectivity index (χ3v) is 6.02. The number of nitrogens with zero attached hydrogens (tertiary/aromatic N) is 2. The molecule has 0 N–H and O–H groups in total. The maximum absolute atomic E-state index is 13.9. The number of rotatable bonds is 8. The zero-order valence-corrected chi connectivity index (χ0v) is 19.0. The average Bonchev–Trinajstić information content (AvgIpc) is 3.34. The van der Waals surface area contributed by atoms with Crippen molar-refractivity contribution in [1.82, 2.24) is 10.0 Å². The summed E-state index contributed by atoms with van der Waals surface area (Å²) in [5, 5.41) is 3.81. The summed E-state index contributed by atoms with van der Waals surface area (Å²) in [6.07, 6.45) is 1.37. The molecule has 1 saturated heterocycles. The Morgan fingerprint density at radius 1 is 0.909 bits per heavy atom. The van der Waals surface area contributed by atoms with Gasteiger partial charge in [-0.3, -0.25) is 14.6 Å². The second-order valence-electron chi connectivity index (χ2n) is 8.32. The zero-order chi connectivity index (χ0) is 23.0. The van der Waals surface area contributed by atoms with Gasteiger partial charge in [-0.15, -0.1) is 0 Å². The van der Waals surface area contributed by atoms with Crippen molar-refractivity contribution in [3.05, 3.63) is 107 Å². The molecule has 1 aliphatic heterocycles. The Labute approximate surface area is 195 Å². The van der Waals surface area contributed by atoms with Crippen molar-refractivity contribution >= 4 is 11.9 Å². The Morgan fingerprint density at radius 3 is 2.24 bits per heavy atom. The molecule has 0 spiro atoms. The molecule has 0 radical (unpaired) electrons. The molecule has 1 atom stereocenters. The van der Waals surface area contributed by atoms with E-state index in [1.54, 1.807) is 5.01 Å². The first-order valence-electron chi connectivity index (χ1n) is 11.5. The van der Waals surface area contributed by atoms with Gasteiger partial charge in [-0.25, -0.2) is 5.01 Å². The second kappa shape index (κ2) is 10.9. The van der Waals surface area contributed by atoms with Crippen molar-refractivity contribution in [2.45, 2.75) is 26.3 Å². The van der Waals surface area contributed by atoms with Gasteiger partial charge in [0, 0.05) is 18.7 Å². The minimum Gasteiger partial charge on any atom is -0.466 e. The summed E-state index contributed by atoms with van der Waals surface area (Å²) >= 11 is 0. The highest BCUT2D eigenvalue weighted by Crippen LogP contribution is 2.24.